The van der Waals surface area contributed by atoms with Gasteiger partial charge in [-0.3, -0.25) is 4.98 Å². The minimum absolute atomic E-state index is 0.692. The Morgan fingerprint density at radius 1 is 1.19 bits per heavy atom. The standard InChI is InChI=1S/C16H29N3O2/c1-5-19(6-2)10-12-21-16-8-7-14(3)18-15(16)13-17-9-11-20-4/h7-8,17H,5-6,9-13H2,1-4H3. The van der Waals surface area contributed by atoms with Gasteiger partial charge >= 0.3 is 0 Å². The molecule has 1 aromatic heterocycles. The zero-order valence-corrected chi connectivity index (χ0v) is 13.8. The van der Waals surface area contributed by atoms with Gasteiger partial charge in [0.2, 0.25) is 0 Å². The lowest BCUT2D eigenvalue weighted by Crippen LogP contribution is -2.28. The average molecular weight is 295 g/mol. The molecule has 0 aliphatic rings. The van der Waals surface area contributed by atoms with Gasteiger partial charge in [0.1, 0.15) is 12.4 Å². The third-order valence-electron chi connectivity index (χ3n) is 3.41. The Kier molecular flexibility index (Phi) is 8.98. The van der Waals surface area contributed by atoms with Crippen molar-refractivity contribution < 1.29 is 9.47 Å². The van der Waals surface area contributed by atoms with Crippen molar-refractivity contribution in [2.75, 3.05) is 46.5 Å². The fourth-order valence-corrected chi connectivity index (χ4v) is 2.06. The zero-order chi connectivity index (χ0) is 15.5. The highest BCUT2D eigenvalue weighted by Crippen LogP contribution is 2.16. The number of hydrogen-bond donors (Lipinski definition) is 1. The smallest absolute Gasteiger partial charge is 0.142 e. The molecule has 0 spiro atoms. The fraction of sp³-hybridized carbons (Fsp3) is 0.688. The largest absolute Gasteiger partial charge is 0.490 e. The van der Waals surface area contributed by atoms with Crippen LogP contribution in [0.2, 0.25) is 0 Å². The summed E-state index contributed by atoms with van der Waals surface area (Å²) in [4.78, 5) is 6.91. The van der Waals surface area contributed by atoms with Crippen LogP contribution in [0, 0.1) is 6.92 Å². The number of nitrogens with one attached hydrogen (secondary N) is 1. The van der Waals surface area contributed by atoms with Gasteiger partial charge in [0.25, 0.3) is 0 Å². The summed E-state index contributed by atoms with van der Waals surface area (Å²) in [7, 11) is 1.70. The number of likely N-dealkylation sites (N-methyl/N-ethyl adjacent to an activating group) is 1. The molecule has 0 amide bonds. The molecule has 5 heteroatoms. The van der Waals surface area contributed by atoms with Crippen LogP contribution >= 0.6 is 0 Å². The molecule has 0 aliphatic heterocycles. The van der Waals surface area contributed by atoms with Crippen molar-refractivity contribution in [3.05, 3.63) is 23.5 Å². The lowest BCUT2D eigenvalue weighted by atomic mass is 10.3. The molecule has 0 unspecified atom stereocenters. The van der Waals surface area contributed by atoms with E-state index in [1.54, 1.807) is 7.11 Å². The van der Waals surface area contributed by atoms with Gasteiger partial charge in [-0.25, -0.2) is 0 Å². The first-order chi connectivity index (χ1) is 10.2. The maximum Gasteiger partial charge on any atom is 0.142 e. The molecule has 0 atom stereocenters. The maximum atomic E-state index is 5.91. The molecule has 120 valence electrons. The van der Waals surface area contributed by atoms with Crippen molar-refractivity contribution >= 4 is 0 Å². The first-order valence-corrected chi connectivity index (χ1v) is 7.72. The quantitative estimate of drug-likeness (QED) is 0.631. The van der Waals surface area contributed by atoms with Crippen molar-refractivity contribution in [1.29, 1.82) is 0 Å². The van der Waals surface area contributed by atoms with Crippen LogP contribution in [-0.2, 0) is 11.3 Å². The summed E-state index contributed by atoms with van der Waals surface area (Å²) in [5, 5.41) is 3.31. The number of hydrogen-bond acceptors (Lipinski definition) is 5. The van der Waals surface area contributed by atoms with E-state index in [0.29, 0.717) is 19.8 Å². The molecule has 1 aromatic rings. The fourth-order valence-electron chi connectivity index (χ4n) is 2.06. The van der Waals surface area contributed by atoms with Gasteiger partial charge in [0.15, 0.2) is 0 Å². The molecule has 0 fully saturated rings. The lowest BCUT2D eigenvalue weighted by molar-refractivity contribution is 0.198. The van der Waals surface area contributed by atoms with Gasteiger partial charge in [-0.1, -0.05) is 13.8 Å². The minimum atomic E-state index is 0.692. The van der Waals surface area contributed by atoms with E-state index in [-0.39, 0.29) is 0 Å². The first kappa shape index (κ1) is 17.9. The number of aryl methyl sites for hydroxylation is 1. The second-order valence-electron chi connectivity index (χ2n) is 4.94. The van der Waals surface area contributed by atoms with Crippen LogP contribution in [-0.4, -0.2) is 56.4 Å². The molecule has 0 saturated carbocycles. The van der Waals surface area contributed by atoms with Crippen molar-refractivity contribution in [3.8, 4) is 5.75 Å². The average Bonchev–Trinajstić information content (AvgIpc) is 2.50. The van der Waals surface area contributed by atoms with Gasteiger partial charge in [-0.05, 0) is 32.1 Å². The Morgan fingerprint density at radius 3 is 2.62 bits per heavy atom. The summed E-state index contributed by atoms with van der Waals surface area (Å²) < 4.78 is 10.9. The van der Waals surface area contributed by atoms with Crippen LogP contribution in [0.1, 0.15) is 25.2 Å². The Labute approximate surface area is 128 Å². The van der Waals surface area contributed by atoms with Gasteiger partial charge < -0.3 is 19.7 Å². The molecule has 1 rings (SSSR count). The molecular formula is C16H29N3O2. The van der Waals surface area contributed by atoms with E-state index in [4.69, 9.17) is 9.47 Å². The summed E-state index contributed by atoms with van der Waals surface area (Å²) in [6, 6.07) is 4.00. The number of methoxy groups -OCH3 is 1. The summed E-state index contributed by atoms with van der Waals surface area (Å²) >= 11 is 0. The van der Waals surface area contributed by atoms with Crippen molar-refractivity contribution in [1.82, 2.24) is 15.2 Å². The summed E-state index contributed by atoms with van der Waals surface area (Å²) in [6.07, 6.45) is 0. The van der Waals surface area contributed by atoms with Gasteiger partial charge in [0.05, 0.1) is 12.3 Å². The third-order valence-corrected chi connectivity index (χ3v) is 3.41. The van der Waals surface area contributed by atoms with Crippen molar-refractivity contribution in [2.45, 2.75) is 27.3 Å². The minimum Gasteiger partial charge on any atom is -0.490 e. The topological polar surface area (TPSA) is 46.6 Å². The highest BCUT2D eigenvalue weighted by atomic mass is 16.5. The van der Waals surface area contributed by atoms with Gasteiger partial charge in [-0.15, -0.1) is 0 Å². The second kappa shape index (κ2) is 10.5. The summed E-state index contributed by atoms with van der Waals surface area (Å²) in [5.74, 6) is 0.873. The van der Waals surface area contributed by atoms with Crippen LogP contribution in [0.3, 0.4) is 0 Å². The Bertz CT molecular complexity index is 395. The van der Waals surface area contributed by atoms with E-state index in [0.717, 1.165) is 43.3 Å². The monoisotopic (exact) mass is 295 g/mol. The normalized spacial score (nSPS) is 11.1. The number of aromatic nitrogens is 1. The molecule has 1 N–H and O–H groups in total. The zero-order valence-electron chi connectivity index (χ0n) is 13.8. The highest BCUT2D eigenvalue weighted by molar-refractivity contribution is 5.29. The number of pyridine rings is 1. The number of nitrogens with zero attached hydrogens (tertiary/aromatic N) is 2. The predicted octanol–water partition coefficient (Wildman–Crippen LogP) is 1.85. The van der Waals surface area contributed by atoms with Gasteiger partial charge in [-0.2, -0.15) is 0 Å². The summed E-state index contributed by atoms with van der Waals surface area (Å²) in [6.45, 7) is 12.3. The van der Waals surface area contributed by atoms with E-state index in [1.165, 1.54) is 0 Å². The number of ether oxygens (including phenoxy) is 2. The van der Waals surface area contributed by atoms with E-state index < -0.39 is 0 Å². The van der Waals surface area contributed by atoms with E-state index in [9.17, 15) is 0 Å². The van der Waals surface area contributed by atoms with Crippen LogP contribution in [0.15, 0.2) is 12.1 Å². The van der Waals surface area contributed by atoms with Gasteiger partial charge in [0, 0.05) is 32.4 Å². The first-order valence-electron chi connectivity index (χ1n) is 7.72. The molecule has 1 heterocycles. The molecule has 0 bridgehead atoms. The SMILES string of the molecule is CCN(CC)CCOc1ccc(C)nc1CNCCOC. The molecule has 0 aromatic carbocycles. The Morgan fingerprint density at radius 2 is 1.95 bits per heavy atom. The van der Waals surface area contributed by atoms with E-state index >= 15 is 0 Å². The van der Waals surface area contributed by atoms with Crippen LogP contribution in [0.4, 0.5) is 0 Å². The maximum absolute atomic E-state index is 5.91. The van der Waals surface area contributed by atoms with Crippen molar-refractivity contribution in [3.63, 3.8) is 0 Å². The molecule has 5 nitrogen and oxygen atoms in total. The Hall–Kier alpha value is -1.17. The van der Waals surface area contributed by atoms with Crippen molar-refractivity contribution in [2.24, 2.45) is 0 Å². The molecule has 21 heavy (non-hydrogen) atoms. The van der Waals surface area contributed by atoms with E-state index in [2.05, 4.69) is 29.0 Å². The Balaban J connectivity index is 2.51. The van der Waals surface area contributed by atoms with E-state index in [1.807, 2.05) is 19.1 Å². The predicted molar refractivity (Wildman–Crippen MR) is 85.8 cm³/mol. The highest BCUT2D eigenvalue weighted by Gasteiger charge is 2.07. The third kappa shape index (κ3) is 6.89. The van der Waals surface area contributed by atoms with Crippen LogP contribution < -0.4 is 10.1 Å². The molecular weight excluding hydrogens is 266 g/mol. The van der Waals surface area contributed by atoms with Crippen LogP contribution in [0.5, 0.6) is 5.75 Å². The van der Waals surface area contributed by atoms with Crippen LogP contribution in [0.25, 0.3) is 0 Å². The second-order valence-corrected chi connectivity index (χ2v) is 4.94. The molecule has 0 aliphatic carbocycles. The molecule has 0 radical (unpaired) electrons. The lowest BCUT2D eigenvalue weighted by Gasteiger charge is -2.19. The number of rotatable bonds is 11. The molecule has 0 saturated heterocycles. The summed E-state index contributed by atoms with van der Waals surface area (Å²) in [5.41, 5.74) is 1.97.